The summed E-state index contributed by atoms with van der Waals surface area (Å²) >= 11 is 7.33. The molecule has 4 rings (SSSR count). The Labute approximate surface area is 171 Å². The number of halogens is 1. The zero-order chi connectivity index (χ0) is 19.5. The van der Waals surface area contributed by atoms with Gasteiger partial charge in [-0.1, -0.05) is 29.4 Å². The van der Waals surface area contributed by atoms with Crippen LogP contribution < -0.4 is 10.7 Å². The number of anilines is 1. The number of nitrogens with zero attached hydrogens (tertiary/aromatic N) is 5. The number of thioether (sulfide) groups is 1. The molecule has 28 heavy (non-hydrogen) atoms. The molecule has 2 aromatic heterocycles. The van der Waals surface area contributed by atoms with Crippen LogP contribution in [0.15, 0.2) is 52.2 Å². The first-order valence-corrected chi connectivity index (χ1v) is 10.1. The van der Waals surface area contributed by atoms with Gasteiger partial charge in [0.15, 0.2) is 5.76 Å². The molecule has 0 radical (unpaired) electrons. The molecule has 1 aromatic carbocycles. The monoisotopic (exact) mass is 418 g/mol. The maximum atomic E-state index is 12.6. The van der Waals surface area contributed by atoms with E-state index in [9.17, 15) is 4.79 Å². The summed E-state index contributed by atoms with van der Waals surface area (Å²) in [7, 11) is 0. The van der Waals surface area contributed by atoms with E-state index in [1.807, 2.05) is 29.2 Å². The summed E-state index contributed by atoms with van der Waals surface area (Å²) in [5, 5.41) is 9.26. The number of aromatic nitrogens is 3. The molecule has 8 nitrogen and oxygen atoms in total. The van der Waals surface area contributed by atoms with Crippen molar-refractivity contribution in [2.75, 3.05) is 42.7 Å². The average Bonchev–Trinajstić information content (AvgIpc) is 3.36. The van der Waals surface area contributed by atoms with Gasteiger partial charge in [0.25, 0.3) is 0 Å². The van der Waals surface area contributed by atoms with E-state index in [0.717, 1.165) is 18.8 Å². The highest BCUT2D eigenvalue weighted by Gasteiger charge is 2.22. The van der Waals surface area contributed by atoms with Gasteiger partial charge in [-0.05, 0) is 30.3 Å². The number of piperazine rings is 1. The highest BCUT2D eigenvalue weighted by Crippen LogP contribution is 2.23. The third kappa shape index (κ3) is 3.95. The summed E-state index contributed by atoms with van der Waals surface area (Å²) in [6.45, 7) is 2.87. The Hall–Kier alpha value is -2.65. The van der Waals surface area contributed by atoms with Gasteiger partial charge in [-0.15, -0.1) is 10.2 Å². The number of carbonyl (C=O) groups is 1. The third-order valence-electron chi connectivity index (χ3n) is 4.54. The first-order chi connectivity index (χ1) is 13.6. The van der Waals surface area contributed by atoms with E-state index in [-0.39, 0.29) is 11.7 Å². The second kappa shape index (κ2) is 8.15. The Bertz CT molecular complexity index is 953. The van der Waals surface area contributed by atoms with E-state index < -0.39 is 0 Å². The minimum absolute atomic E-state index is 0.0540. The lowest BCUT2D eigenvalue weighted by molar-refractivity contribution is -0.128. The number of nitrogen functional groups attached to an aromatic ring is 1. The number of rotatable bonds is 5. The average molecular weight is 419 g/mol. The second-order valence-electron chi connectivity index (χ2n) is 6.29. The molecule has 0 aliphatic carbocycles. The van der Waals surface area contributed by atoms with Crippen molar-refractivity contribution in [3.8, 4) is 11.6 Å². The summed E-state index contributed by atoms with van der Waals surface area (Å²) in [5.74, 6) is 7.29. The summed E-state index contributed by atoms with van der Waals surface area (Å²) in [5.41, 5.74) is 1.08. The van der Waals surface area contributed by atoms with Crippen LogP contribution in [-0.2, 0) is 4.79 Å². The van der Waals surface area contributed by atoms with E-state index in [1.54, 1.807) is 18.4 Å². The third-order valence-corrected chi connectivity index (χ3v) is 5.70. The standard InChI is InChI=1S/C18H19ClN6O2S/c19-13-3-1-4-14(11-13)23-6-8-24(9-7-23)16(26)12-28-18-22-21-17(25(18)20)15-5-2-10-27-15/h1-5,10-11H,6-9,12,20H2. The van der Waals surface area contributed by atoms with E-state index in [1.165, 1.54) is 16.4 Å². The van der Waals surface area contributed by atoms with Crippen molar-refractivity contribution in [1.29, 1.82) is 0 Å². The molecule has 1 fully saturated rings. The molecule has 0 spiro atoms. The lowest BCUT2D eigenvalue weighted by atomic mass is 10.2. The zero-order valence-corrected chi connectivity index (χ0v) is 16.6. The van der Waals surface area contributed by atoms with Crippen LogP contribution in [0.3, 0.4) is 0 Å². The smallest absolute Gasteiger partial charge is 0.233 e. The summed E-state index contributed by atoms with van der Waals surface area (Å²) in [6, 6.07) is 11.3. The van der Waals surface area contributed by atoms with Crippen LogP contribution in [0.25, 0.3) is 11.6 Å². The van der Waals surface area contributed by atoms with E-state index in [4.69, 9.17) is 21.9 Å². The predicted octanol–water partition coefficient (Wildman–Crippen LogP) is 2.35. The van der Waals surface area contributed by atoms with Crippen LogP contribution in [0.2, 0.25) is 5.02 Å². The Morgan fingerprint density at radius 1 is 1.18 bits per heavy atom. The van der Waals surface area contributed by atoms with Crippen molar-refractivity contribution >= 4 is 35.0 Å². The van der Waals surface area contributed by atoms with Crippen LogP contribution in [0.5, 0.6) is 0 Å². The number of hydrogen-bond acceptors (Lipinski definition) is 7. The van der Waals surface area contributed by atoms with E-state index >= 15 is 0 Å². The lowest BCUT2D eigenvalue weighted by Crippen LogP contribution is -2.49. The molecule has 0 saturated carbocycles. The number of amides is 1. The molecule has 3 aromatic rings. The highest BCUT2D eigenvalue weighted by atomic mass is 35.5. The summed E-state index contributed by atoms with van der Waals surface area (Å²) in [6.07, 6.45) is 1.55. The summed E-state index contributed by atoms with van der Waals surface area (Å²) < 4.78 is 6.63. The maximum Gasteiger partial charge on any atom is 0.233 e. The van der Waals surface area contributed by atoms with Crippen LogP contribution in [0, 0.1) is 0 Å². The number of furan rings is 1. The number of nitrogens with two attached hydrogens (primary N) is 1. The zero-order valence-electron chi connectivity index (χ0n) is 15.0. The number of hydrogen-bond donors (Lipinski definition) is 1. The normalized spacial score (nSPS) is 14.5. The number of benzene rings is 1. The molecule has 1 amide bonds. The lowest BCUT2D eigenvalue weighted by Gasteiger charge is -2.36. The van der Waals surface area contributed by atoms with Gasteiger partial charge < -0.3 is 20.1 Å². The van der Waals surface area contributed by atoms with Crippen LogP contribution in [-0.4, -0.2) is 57.6 Å². The van der Waals surface area contributed by atoms with Gasteiger partial charge in [0, 0.05) is 36.9 Å². The molecule has 1 saturated heterocycles. The van der Waals surface area contributed by atoms with Gasteiger partial charge in [0.05, 0.1) is 12.0 Å². The highest BCUT2D eigenvalue weighted by molar-refractivity contribution is 7.99. The molecule has 146 valence electrons. The van der Waals surface area contributed by atoms with Gasteiger partial charge in [-0.3, -0.25) is 4.79 Å². The molecule has 0 bridgehead atoms. The van der Waals surface area contributed by atoms with Gasteiger partial charge in [-0.25, -0.2) is 4.68 Å². The first kappa shape index (κ1) is 18.7. The minimum Gasteiger partial charge on any atom is -0.461 e. The Morgan fingerprint density at radius 3 is 2.71 bits per heavy atom. The topological polar surface area (TPSA) is 93.4 Å². The molecule has 0 atom stereocenters. The minimum atomic E-state index is 0.0540. The second-order valence-corrected chi connectivity index (χ2v) is 7.67. The van der Waals surface area contributed by atoms with Crippen LogP contribution >= 0.6 is 23.4 Å². The van der Waals surface area contributed by atoms with Gasteiger partial charge in [0.2, 0.25) is 16.9 Å². The molecule has 1 aliphatic rings. The van der Waals surface area contributed by atoms with Gasteiger partial charge in [-0.2, -0.15) is 0 Å². The quantitative estimate of drug-likeness (QED) is 0.502. The first-order valence-electron chi connectivity index (χ1n) is 8.77. The van der Waals surface area contributed by atoms with Crippen molar-refractivity contribution in [3.05, 3.63) is 47.7 Å². The SMILES string of the molecule is Nn1c(SCC(=O)N2CCN(c3cccc(Cl)c3)CC2)nnc1-c1ccco1. The molecule has 10 heteroatoms. The van der Waals surface area contributed by atoms with Crippen molar-refractivity contribution in [2.45, 2.75) is 5.16 Å². The Kier molecular flexibility index (Phi) is 5.45. The maximum absolute atomic E-state index is 12.6. The molecular formula is C18H19ClN6O2S. The molecule has 1 aliphatic heterocycles. The van der Waals surface area contributed by atoms with Crippen molar-refractivity contribution < 1.29 is 9.21 Å². The Morgan fingerprint density at radius 2 is 2.00 bits per heavy atom. The predicted molar refractivity (Wildman–Crippen MR) is 109 cm³/mol. The fraction of sp³-hybridized carbons (Fsp3) is 0.278. The van der Waals surface area contributed by atoms with E-state index in [0.29, 0.717) is 34.9 Å². The largest absolute Gasteiger partial charge is 0.461 e. The Balaban J connectivity index is 1.31. The van der Waals surface area contributed by atoms with Gasteiger partial charge >= 0.3 is 0 Å². The van der Waals surface area contributed by atoms with Crippen LogP contribution in [0.1, 0.15) is 0 Å². The van der Waals surface area contributed by atoms with Crippen molar-refractivity contribution in [1.82, 2.24) is 19.8 Å². The number of carbonyl (C=O) groups excluding carboxylic acids is 1. The fourth-order valence-electron chi connectivity index (χ4n) is 3.05. The van der Waals surface area contributed by atoms with Crippen molar-refractivity contribution in [3.63, 3.8) is 0 Å². The van der Waals surface area contributed by atoms with E-state index in [2.05, 4.69) is 15.1 Å². The molecule has 0 unspecified atom stereocenters. The molecular weight excluding hydrogens is 400 g/mol. The summed E-state index contributed by atoms with van der Waals surface area (Å²) in [4.78, 5) is 16.7. The molecule has 2 N–H and O–H groups in total. The van der Waals surface area contributed by atoms with Crippen LogP contribution in [0.4, 0.5) is 5.69 Å². The fourth-order valence-corrected chi connectivity index (χ4v) is 4.00. The van der Waals surface area contributed by atoms with Crippen molar-refractivity contribution in [2.24, 2.45) is 0 Å². The molecule has 3 heterocycles. The van der Waals surface area contributed by atoms with Gasteiger partial charge in [0.1, 0.15) is 0 Å².